The van der Waals surface area contributed by atoms with Crippen molar-refractivity contribution in [1.82, 2.24) is 25.0 Å². The molecule has 3 saturated heterocycles. The van der Waals surface area contributed by atoms with Crippen molar-refractivity contribution in [2.24, 2.45) is 11.3 Å². The maximum atomic E-state index is 12.8. The minimum atomic E-state index is -0.833. The number of carboxylic acids is 1. The van der Waals surface area contributed by atoms with E-state index in [4.69, 9.17) is 38.7 Å². The Morgan fingerprint density at radius 3 is 2.19 bits per heavy atom. The van der Waals surface area contributed by atoms with Crippen LogP contribution < -0.4 is 15.4 Å². The quantitative estimate of drug-likeness (QED) is 0.0682. The highest BCUT2D eigenvalue weighted by molar-refractivity contribution is 5.88. The Morgan fingerprint density at radius 1 is 0.928 bits per heavy atom. The first-order chi connectivity index (χ1) is 33.0. The minimum absolute atomic E-state index is 0.00934. The van der Waals surface area contributed by atoms with Crippen molar-refractivity contribution in [2.45, 2.75) is 132 Å². The van der Waals surface area contributed by atoms with Gasteiger partial charge in [-0.25, -0.2) is 4.79 Å². The Hall–Kier alpha value is -5.52. The number of nitrogens with one attached hydrogen (secondary N) is 2. The predicted octanol–water partition coefficient (Wildman–Crippen LogP) is 7.07. The van der Waals surface area contributed by atoms with E-state index < -0.39 is 18.3 Å². The number of urea groups is 1. The molecule has 4 heterocycles. The molecule has 1 aromatic heterocycles. The Balaban J connectivity index is 0.00000136. The van der Waals surface area contributed by atoms with E-state index in [-0.39, 0.29) is 48.5 Å². The molecule has 386 valence electrons. The maximum absolute atomic E-state index is 12.8. The lowest BCUT2D eigenvalue weighted by Gasteiger charge is -2.47. The number of esters is 2. The summed E-state index contributed by atoms with van der Waals surface area (Å²) in [7, 11) is 1.00. The molecule has 17 heteroatoms. The number of hydrogen-bond acceptors (Lipinski definition) is 12. The predicted molar refractivity (Wildman–Crippen MR) is 266 cm³/mol. The van der Waals surface area contributed by atoms with E-state index in [1.54, 1.807) is 0 Å². The molecule has 0 radical (unpaired) electrons. The number of hydrogen-bond donors (Lipinski definition) is 4. The molecule has 6 rings (SSSR count). The van der Waals surface area contributed by atoms with Crippen LogP contribution in [-0.4, -0.2) is 139 Å². The van der Waals surface area contributed by atoms with Crippen molar-refractivity contribution in [2.75, 3.05) is 66.1 Å². The summed E-state index contributed by atoms with van der Waals surface area (Å²) >= 11 is 0. The number of rotatable bonds is 15. The summed E-state index contributed by atoms with van der Waals surface area (Å²) in [6, 6.07) is 14.3. The number of benzene rings is 2. The molecule has 3 fully saturated rings. The number of aliphatic hydroxyl groups excluding tert-OH is 1. The van der Waals surface area contributed by atoms with Crippen LogP contribution in [0.2, 0.25) is 0 Å². The number of carboxylic acid groups (broad SMARTS) is 1. The van der Waals surface area contributed by atoms with Crippen molar-refractivity contribution in [1.29, 1.82) is 0 Å². The number of piperidine rings is 2. The molecule has 1 spiro atoms. The van der Waals surface area contributed by atoms with Crippen LogP contribution in [-0.2, 0) is 44.6 Å². The van der Waals surface area contributed by atoms with E-state index in [1.165, 1.54) is 55.7 Å². The molecule has 3 aromatic rings. The largest absolute Gasteiger partial charge is 0.494 e. The number of aldehydes is 1. The van der Waals surface area contributed by atoms with Gasteiger partial charge in [-0.1, -0.05) is 52.0 Å². The number of aliphatic hydroxyl groups is 1. The second kappa shape index (κ2) is 31.6. The van der Waals surface area contributed by atoms with E-state index in [2.05, 4.69) is 57.5 Å². The van der Waals surface area contributed by atoms with Crippen LogP contribution in [0.4, 0.5) is 4.79 Å². The number of fused-ring (bicyclic) bond motifs is 1. The number of likely N-dealkylation sites (tertiary alicyclic amines) is 2. The van der Waals surface area contributed by atoms with Gasteiger partial charge in [0.25, 0.3) is 5.97 Å². The summed E-state index contributed by atoms with van der Waals surface area (Å²) in [4.78, 5) is 70.5. The summed E-state index contributed by atoms with van der Waals surface area (Å²) in [5.74, 6) is -0.342. The van der Waals surface area contributed by atoms with Crippen LogP contribution in [0.3, 0.4) is 0 Å². The van der Waals surface area contributed by atoms with Crippen LogP contribution in [0.5, 0.6) is 5.75 Å². The van der Waals surface area contributed by atoms with Gasteiger partial charge in [-0.2, -0.15) is 0 Å². The first-order valence-electron chi connectivity index (χ1n) is 24.3. The zero-order chi connectivity index (χ0) is 51.5. The first-order valence-corrected chi connectivity index (χ1v) is 24.3. The normalized spacial score (nSPS) is 18.3. The van der Waals surface area contributed by atoms with Crippen molar-refractivity contribution >= 4 is 47.0 Å². The highest BCUT2D eigenvalue weighted by Gasteiger charge is 2.39. The summed E-state index contributed by atoms with van der Waals surface area (Å²) in [5, 5.41) is 21.1. The molecule has 0 aliphatic carbocycles. The molecule has 3 aliphatic heterocycles. The van der Waals surface area contributed by atoms with Crippen molar-refractivity contribution in [3.8, 4) is 5.75 Å². The number of amides is 3. The Labute approximate surface area is 409 Å². The zero-order valence-electron chi connectivity index (χ0n) is 42.8. The summed E-state index contributed by atoms with van der Waals surface area (Å²) in [6.07, 6.45) is 8.76. The summed E-state index contributed by atoms with van der Waals surface area (Å²) in [6.45, 7) is 21.5. The molecule has 69 heavy (non-hydrogen) atoms. The molecule has 3 aliphatic rings. The van der Waals surface area contributed by atoms with Gasteiger partial charge in [0.1, 0.15) is 31.0 Å². The minimum Gasteiger partial charge on any atom is -0.494 e. The third kappa shape index (κ3) is 20.9. The molecule has 0 saturated carbocycles. The second-order valence-electron chi connectivity index (χ2n) is 17.7. The first kappa shape index (κ1) is 59.6. The van der Waals surface area contributed by atoms with Gasteiger partial charge in [0.15, 0.2) is 0 Å². The van der Waals surface area contributed by atoms with Gasteiger partial charge in [0.2, 0.25) is 5.91 Å². The van der Waals surface area contributed by atoms with E-state index in [1.807, 2.05) is 50.8 Å². The summed E-state index contributed by atoms with van der Waals surface area (Å²) in [5.41, 5.74) is 4.80. The van der Waals surface area contributed by atoms with E-state index in [0.717, 1.165) is 90.0 Å². The van der Waals surface area contributed by atoms with Crippen molar-refractivity contribution in [3.63, 3.8) is 0 Å². The van der Waals surface area contributed by atoms with Crippen LogP contribution >= 0.6 is 0 Å². The van der Waals surface area contributed by atoms with Crippen molar-refractivity contribution in [3.05, 3.63) is 65.4 Å². The third-order valence-electron chi connectivity index (χ3n) is 11.8. The number of carbonyl (C=O) groups excluding carboxylic acids is 5. The van der Waals surface area contributed by atoms with Gasteiger partial charge >= 0.3 is 18.0 Å². The number of carbonyl (C=O) groups is 6. The fourth-order valence-electron chi connectivity index (χ4n) is 8.90. The molecule has 17 nitrogen and oxygen atoms in total. The topological polar surface area (TPSA) is 215 Å². The van der Waals surface area contributed by atoms with Gasteiger partial charge in [-0.3, -0.25) is 19.2 Å². The smallest absolute Gasteiger partial charge is 0.315 e. The number of aliphatic carboxylic acids is 1. The van der Waals surface area contributed by atoms with Gasteiger partial charge in [0.05, 0.1) is 24.8 Å². The Bertz CT molecular complexity index is 2030. The molecular weight excluding hydrogens is 887 g/mol. The van der Waals surface area contributed by atoms with Gasteiger partial charge in [0, 0.05) is 85.0 Å². The average molecular weight is 968 g/mol. The lowest BCUT2D eigenvalue weighted by atomic mass is 9.72. The van der Waals surface area contributed by atoms with Gasteiger partial charge in [-0.15, -0.1) is 0 Å². The van der Waals surface area contributed by atoms with Gasteiger partial charge in [-0.05, 0) is 105 Å². The maximum Gasteiger partial charge on any atom is 0.315 e. The number of aromatic nitrogens is 1. The Kier molecular flexibility index (Phi) is 27.3. The standard InChI is InChI=1S/C45H63N5O8.C2H4O2.C2H4O.C2H6.CH4O/c1-31(2)26-46-44(54)47-27-41(53)49-20-16-45(17-21-49)15-7-18-48(30-45)19-8-22-55-37-13-11-35(12-14-37)23-36-28-50(40-10-6-9-32(3)43(36)40)42-25-38(57-34(5)52)24-39(58-42)29-56-33(4)51;1-2(3)4;1-2-3;2*1-2/h6,9-14,28,31,38-39,42H,7-8,15-27,29-30H2,1-5H3,(H2,46,47,54);1H3,(H,3,4);2H,1H3;1-2H3;2H,1H3. The number of aryl methyl sites for hydroxylation is 1. The van der Waals surface area contributed by atoms with Crippen LogP contribution in [0, 0.1) is 18.3 Å². The molecule has 3 unspecified atom stereocenters. The average Bonchev–Trinajstić information content (AvgIpc) is 3.69. The van der Waals surface area contributed by atoms with E-state index >= 15 is 0 Å². The fraction of sp³-hybridized carbons (Fsp3) is 0.615. The van der Waals surface area contributed by atoms with Crippen LogP contribution in [0.1, 0.15) is 123 Å². The molecule has 3 amide bonds. The highest BCUT2D eigenvalue weighted by atomic mass is 16.6. The van der Waals surface area contributed by atoms with Crippen molar-refractivity contribution < 1.29 is 57.9 Å². The fourth-order valence-corrected chi connectivity index (χ4v) is 8.90. The SMILES string of the molecule is CC.CC(=O)O.CC(=O)OCC1CC(OC(C)=O)CC(n2cc(Cc3ccc(OCCCN4CCCC5(CCN(C(=O)CNC(=O)NCC(C)C)CC5)C4)cc3)c3c(C)cccc32)O1.CC=O.CO. The molecule has 3 atom stereocenters. The van der Waals surface area contributed by atoms with Gasteiger partial charge < -0.3 is 59.0 Å². The number of ether oxygens (including phenoxy) is 4. The molecule has 2 aromatic carbocycles. The van der Waals surface area contributed by atoms with Crippen LogP contribution in [0.25, 0.3) is 10.9 Å². The lowest BCUT2D eigenvalue weighted by Crippen LogP contribution is -2.52. The lowest BCUT2D eigenvalue weighted by molar-refractivity contribution is -0.178. The molecule has 4 N–H and O–H groups in total. The monoisotopic (exact) mass is 968 g/mol. The number of nitrogens with zero attached hydrogens (tertiary/aromatic N) is 3. The zero-order valence-corrected chi connectivity index (χ0v) is 42.8. The van der Waals surface area contributed by atoms with E-state index in [0.29, 0.717) is 31.9 Å². The Morgan fingerprint density at radius 2 is 1.58 bits per heavy atom. The second-order valence-corrected chi connectivity index (χ2v) is 17.7. The third-order valence-corrected chi connectivity index (χ3v) is 11.8. The molecular formula is C52H81N5O12. The summed E-state index contributed by atoms with van der Waals surface area (Å²) < 4.78 is 25.7. The highest BCUT2D eigenvalue weighted by Crippen LogP contribution is 2.40. The van der Waals surface area contributed by atoms with Crippen LogP contribution in [0.15, 0.2) is 48.7 Å². The molecule has 0 bridgehead atoms. The van der Waals surface area contributed by atoms with E-state index in [9.17, 15) is 19.2 Å².